The largest absolute Gasteiger partial charge is 0.462 e. The molecule has 0 aliphatic heterocycles. The zero-order chi connectivity index (χ0) is 20.6. The number of quaternary nitrogens is 1. The van der Waals surface area contributed by atoms with E-state index in [1.807, 2.05) is 16.8 Å². The highest BCUT2D eigenvalue weighted by Gasteiger charge is 2.21. The van der Waals surface area contributed by atoms with Crippen LogP contribution in [0.15, 0.2) is 66.0 Å². The molecule has 0 spiro atoms. The van der Waals surface area contributed by atoms with Gasteiger partial charge in [0.05, 0.1) is 22.7 Å². The van der Waals surface area contributed by atoms with Gasteiger partial charge in [-0.1, -0.05) is 48.0 Å². The summed E-state index contributed by atoms with van der Waals surface area (Å²) in [6.07, 6.45) is 0. The van der Waals surface area contributed by atoms with Gasteiger partial charge in [0.2, 0.25) is 0 Å². The first-order valence-electron chi connectivity index (χ1n) is 9.57. The Labute approximate surface area is 174 Å². The molecule has 0 saturated carbocycles. The van der Waals surface area contributed by atoms with E-state index in [0.29, 0.717) is 11.3 Å². The average Bonchev–Trinajstić information content (AvgIpc) is 3.24. The highest BCUT2D eigenvalue weighted by atomic mass is 32.1. The quantitative estimate of drug-likeness (QED) is 0.559. The number of thiophene rings is 1. The molecule has 0 saturated heterocycles. The first-order valence-corrected chi connectivity index (χ1v) is 10.5. The van der Waals surface area contributed by atoms with E-state index in [1.54, 1.807) is 42.5 Å². The second kappa shape index (κ2) is 10.0. The SMILES string of the molecule is CCOC(=O)c1ccccc1NC(=O)C[NH2+][C@@H](c1ccc(C)cc1)c1cccs1. The van der Waals surface area contributed by atoms with Crippen LogP contribution in [0.3, 0.4) is 0 Å². The van der Waals surface area contributed by atoms with E-state index in [2.05, 4.69) is 42.6 Å². The molecule has 1 heterocycles. The van der Waals surface area contributed by atoms with Gasteiger partial charge in [0.25, 0.3) is 5.91 Å². The van der Waals surface area contributed by atoms with Crippen LogP contribution in [0.1, 0.15) is 39.3 Å². The van der Waals surface area contributed by atoms with Crippen LogP contribution in [0.25, 0.3) is 0 Å². The number of esters is 1. The van der Waals surface area contributed by atoms with Gasteiger partial charge in [-0.3, -0.25) is 4.79 Å². The summed E-state index contributed by atoms with van der Waals surface area (Å²) in [5.74, 6) is -0.612. The number of ether oxygens (including phenoxy) is 1. The smallest absolute Gasteiger partial charge is 0.340 e. The molecule has 1 atom stereocenters. The highest BCUT2D eigenvalue weighted by Crippen LogP contribution is 2.23. The fourth-order valence-electron chi connectivity index (χ4n) is 3.06. The van der Waals surface area contributed by atoms with Gasteiger partial charge in [-0.15, -0.1) is 11.3 Å². The molecule has 0 unspecified atom stereocenters. The molecule has 29 heavy (non-hydrogen) atoms. The van der Waals surface area contributed by atoms with E-state index in [0.717, 1.165) is 5.56 Å². The molecule has 0 bridgehead atoms. The average molecular weight is 410 g/mol. The van der Waals surface area contributed by atoms with Gasteiger partial charge >= 0.3 is 5.97 Å². The minimum Gasteiger partial charge on any atom is -0.462 e. The third-order valence-electron chi connectivity index (χ3n) is 4.52. The Bertz CT molecular complexity index is 953. The van der Waals surface area contributed by atoms with Crippen molar-refractivity contribution in [3.05, 3.63) is 87.6 Å². The predicted octanol–water partition coefficient (Wildman–Crippen LogP) is 3.52. The van der Waals surface area contributed by atoms with Gasteiger partial charge in [0.15, 0.2) is 6.54 Å². The number of rotatable bonds is 8. The molecule has 0 aliphatic carbocycles. The number of aryl methyl sites for hydroxylation is 1. The van der Waals surface area contributed by atoms with Crippen molar-refractivity contribution < 1.29 is 19.6 Å². The van der Waals surface area contributed by atoms with Gasteiger partial charge in [0.1, 0.15) is 6.04 Å². The van der Waals surface area contributed by atoms with Crippen molar-refractivity contribution in [3.8, 4) is 0 Å². The van der Waals surface area contributed by atoms with Crippen LogP contribution < -0.4 is 10.6 Å². The van der Waals surface area contributed by atoms with Crippen molar-refractivity contribution >= 4 is 28.9 Å². The lowest BCUT2D eigenvalue weighted by molar-refractivity contribution is -0.675. The molecule has 150 valence electrons. The number of anilines is 1. The second-order valence-corrected chi connectivity index (χ2v) is 7.64. The van der Waals surface area contributed by atoms with E-state index < -0.39 is 5.97 Å². The molecular weight excluding hydrogens is 384 g/mol. The number of carbonyl (C=O) groups excluding carboxylic acids is 2. The van der Waals surface area contributed by atoms with Crippen LogP contribution in [0.2, 0.25) is 0 Å². The molecule has 3 N–H and O–H groups in total. The normalized spacial score (nSPS) is 11.7. The van der Waals surface area contributed by atoms with Crippen LogP contribution in [-0.4, -0.2) is 25.0 Å². The van der Waals surface area contributed by atoms with Crippen LogP contribution in [0.4, 0.5) is 5.69 Å². The lowest BCUT2D eigenvalue weighted by atomic mass is 10.0. The van der Waals surface area contributed by atoms with Crippen molar-refractivity contribution in [1.82, 2.24) is 0 Å². The summed E-state index contributed by atoms with van der Waals surface area (Å²) in [4.78, 5) is 25.9. The van der Waals surface area contributed by atoms with E-state index in [-0.39, 0.29) is 25.1 Å². The van der Waals surface area contributed by atoms with Gasteiger partial charge in [-0.2, -0.15) is 0 Å². The molecule has 1 aromatic heterocycles. The minimum atomic E-state index is -0.441. The maximum absolute atomic E-state index is 12.6. The Morgan fingerprint density at radius 3 is 2.52 bits per heavy atom. The number of amides is 1. The molecule has 0 fully saturated rings. The van der Waals surface area contributed by atoms with E-state index in [9.17, 15) is 9.59 Å². The van der Waals surface area contributed by atoms with Crippen molar-refractivity contribution in [1.29, 1.82) is 0 Å². The fraction of sp³-hybridized carbons (Fsp3) is 0.217. The molecule has 3 aromatic rings. The Hall–Kier alpha value is -2.96. The summed E-state index contributed by atoms with van der Waals surface area (Å²) >= 11 is 1.67. The predicted molar refractivity (Wildman–Crippen MR) is 115 cm³/mol. The molecule has 0 aliphatic rings. The third-order valence-corrected chi connectivity index (χ3v) is 5.48. The van der Waals surface area contributed by atoms with Crippen LogP contribution in [0.5, 0.6) is 0 Å². The van der Waals surface area contributed by atoms with Crippen molar-refractivity contribution in [2.45, 2.75) is 19.9 Å². The lowest BCUT2D eigenvalue weighted by Crippen LogP contribution is -2.87. The van der Waals surface area contributed by atoms with Gasteiger partial charge in [0, 0.05) is 5.56 Å². The summed E-state index contributed by atoms with van der Waals surface area (Å²) in [5.41, 5.74) is 3.17. The summed E-state index contributed by atoms with van der Waals surface area (Å²) in [6, 6.07) is 19.4. The molecule has 0 radical (unpaired) electrons. The van der Waals surface area contributed by atoms with Crippen molar-refractivity contribution in [2.24, 2.45) is 0 Å². The number of nitrogens with one attached hydrogen (secondary N) is 1. The number of hydrogen-bond donors (Lipinski definition) is 2. The van der Waals surface area contributed by atoms with E-state index in [4.69, 9.17) is 4.74 Å². The first kappa shape index (κ1) is 20.8. The molecular formula is C23H25N2O3S+. The van der Waals surface area contributed by atoms with Crippen molar-refractivity contribution in [3.63, 3.8) is 0 Å². The zero-order valence-corrected chi connectivity index (χ0v) is 17.4. The topological polar surface area (TPSA) is 72.0 Å². The maximum Gasteiger partial charge on any atom is 0.340 e. The Kier molecular flexibility index (Phi) is 7.16. The highest BCUT2D eigenvalue weighted by molar-refractivity contribution is 7.10. The van der Waals surface area contributed by atoms with E-state index >= 15 is 0 Å². The fourth-order valence-corrected chi connectivity index (χ4v) is 3.91. The third kappa shape index (κ3) is 5.53. The summed E-state index contributed by atoms with van der Waals surface area (Å²) in [7, 11) is 0. The van der Waals surface area contributed by atoms with Crippen LogP contribution in [0, 0.1) is 6.92 Å². The number of benzene rings is 2. The summed E-state index contributed by atoms with van der Waals surface area (Å²) in [5, 5.41) is 6.90. The van der Waals surface area contributed by atoms with E-state index in [1.165, 1.54) is 10.4 Å². The Morgan fingerprint density at radius 1 is 1.07 bits per heavy atom. The standard InChI is InChI=1S/C23H24N2O3S/c1-3-28-23(27)18-7-4-5-8-19(18)25-21(26)15-24-22(20-9-6-14-29-20)17-12-10-16(2)11-13-17/h4-14,22,24H,3,15H2,1-2H3,(H,25,26)/p+1/t22-/m0/s1. The van der Waals surface area contributed by atoms with Gasteiger partial charge in [-0.05, 0) is 37.4 Å². The second-order valence-electron chi connectivity index (χ2n) is 6.66. The Morgan fingerprint density at radius 2 is 1.83 bits per heavy atom. The number of nitrogens with two attached hydrogens (primary N) is 1. The Balaban J connectivity index is 1.70. The summed E-state index contributed by atoms with van der Waals surface area (Å²) < 4.78 is 5.07. The number of para-hydroxylation sites is 1. The number of hydrogen-bond acceptors (Lipinski definition) is 4. The molecule has 6 heteroatoms. The maximum atomic E-state index is 12.6. The van der Waals surface area contributed by atoms with Gasteiger partial charge < -0.3 is 15.4 Å². The first-order chi connectivity index (χ1) is 14.1. The molecule has 2 aromatic carbocycles. The summed E-state index contributed by atoms with van der Waals surface area (Å²) in [6.45, 7) is 4.33. The van der Waals surface area contributed by atoms with Gasteiger partial charge in [-0.25, -0.2) is 4.79 Å². The number of carbonyl (C=O) groups is 2. The monoisotopic (exact) mass is 409 g/mol. The molecule has 1 amide bonds. The van der Waals surface area contributed by atoms with Crippen molar-refractivity contribution in [2.75, 3.05) is 18.5 Å². The minimum absolute atomic E-state index is 0.0432. The van der Waals surface area contributed by atoms with Crippen LogP contribution in [-0.2, 0) is 9.53 Å². The molecule has 3 rings (SSSR count). The lowest BCUT2D eigenvalue weighted by Gasteiger charge is -2.15. The van der Waals surface area contributed by atoms with Crippen LogP contribution >= 0.6 is 11.3 Å². The zero-order valence-electron chi connectivity index (χ0n) is 16.6. The molecule has 5 nitrogen and oxygen atoms in total.